The molecule has 0 saturated carbocycles. The van der Waals surface area contributed by atoms with Crippen LogP contribution in [0.1, 0.15) is 63.0 Å². The van der Waals surface area contributed by atoms with Gasteiger partial charge in [0.1, 0.15) is 12.4 Å². The number of amides is 1. The van der Waals surface area contributed by atoms with Gasteiger partial charge in [-0.3, -0.25) is 4.79 Å². The minimum absolute atomic E-state index is 0.0968. The summed E-state index contributed by atoms with van der Waals surface area (Å²) in [5, 5.41) is 15.0. The van der Waals surface area contributed by atoms with Crippen LogP contribution in [0, 0.1) is 23.2 Å². The lowest BCUT2D eigenvalue weighted by Gasteiger charge is -2.35. The lowest BCUT2D eigenvalue weighted by molar-refractivity contribution is -0.121. The number of ether oxygens (including phenoxy) is 1. The molecule has 0 radical (unpaired) electrons. The molecule has 5 nitrogen and oxygen atoms in total. The maximum Gasteiger partial charge on any atom is 0.221 e. The second-order valence-corrected chi connectivity index (χ2v) is 10.2. The molecule has 2 aromatic carbocycles. The predicted octanol–water partition coefficient (Wildman–Crippen LogP) is 6.39. The Hall–Kier alpha value is -3.48. The average molecular weight is 500 g/mol. The number of nitriles is 1. The van der Waals surface area contributed by atoms with Gasteiger partial charge in [0, 0.05) is 41.0 Å². The Labute approximate surface area is 218 Å². The second-order valence-electron chi connectivity index (χ2n) is 9.26. The smallest absolute Gasteiger partial charge is 0.221 e. The van der Waals surface area contributed by atoms with Crippen molar-refractivity contribution < 1.29 is 9.53 Å². The van der Waals surface area contributed by atoms with Gasteiger partial charge in [-0.2, -0.15) is 5.26 Å². The number of nitrogens with one attached hydrogen (secondary N) is 1. The summed E-state index contributed by atoms with van der Waals surface area (Å²) in [7, 11) is 0. The number of hydrogen-bond donors (Lipinski definition) is 1. The fraction of sp³-hybridized carbons (Fsp3) is 0.400. The quantitative estimate of drug-likeness (QED) is 0.274. The largest absolute Gasteiger partial charge is 0.489 e. The summed E-state index contributed by atoms with van der Waals surface area (Å²) in [5.74, 6) is 6.55. The minimum atomic E-state index is -0.192. The molecule has 0 spiro atoms. The van der Waals surface area contributed by atoms with Crippen molar-refractivity contribution >= 4 is 33.0 Å². The third kappa shape index (κ3) is 6.39. The predicted molar refractivity (Wildman–Crippen MR) is 147 cm³/mol. The molecule has 2 heterocycles. The van der Waals surface area contributed by atoms with E-state index in [2.05, 4.69) is 52.6 Å². The molecule has 1 fully saturated rings. The number of fused-ring (bicyclic) bond motifs is 1. The highest BCUT2D eigenvalue weighted by atomic mass is 32.1. The van der Waals surface area contributed by atoms with Crippen LogP contribution in [0.3, 0.4) is 0 Å². The maximum atomic E-state index is 12.2. The molecular weight excluding hydrogens is 466 g/mol. The number of anilines is 1. The van der Waals surface area contributed by atoms with Gasteiger partial charge in [-0.25, -0.2) is 0 Å². The molecule has 1 aliphatic heterocycles. The van der Waals surface area contributed by atoms with E-state index in [1.807, 2.05) is 41.7 Å². The van der Waals surface area contributed by atoms with Crippen molar-refractivity contribution in [2.24, 2.45) is 0 Å². The Morgan fingerprint density at radius 3 is 2.83 bits per heavy atom. The summed E-state index contributed by atoms with van der Waals surface area (Å²) in [6.45, 7) is 6.10. The van der Waals surface area contributed by atoms with Crippen LogP contribution < -0.4 is 15.0 Å². The van der Waals surface area contributed by atoms with Crippen LogP contribution in [0.5, 0.6) is 5.75 Å². The highest BCUT2D eigenvalue weighted by Gasteiger charge is 2.21. The molecule has 3 aromatic rings. The lowest BCUT2D eigenvalue weighted by atomic mass is 9.95. The number of benzene rings is 2. The number of rotatable bonds is 9. The molecular formula is C30H33N3O2S. The van der Waals surface area contributed by atoms with Gasteiger partial charge < -0.3 is 15.0 Å². The van der Waals surface area contributed by atoms with Gasteiger partial charge in [0.25, 0.3) is 0 Å². The molecule has 1 aromatic heterocycles. The number of thiophene rings is 1. The third-order valence-electron chi connectivity index (χ3n) is 6.68. The highest BCUT2D eigenvalue weighted by molar-refractivity contribution is 7.17. The van der Waals surface area contributed by atoms with Crippen LogP contribution in [-0.4, -0.2) is 25.0 Å². The van der Waals surface area contributed by atoms with Gasteiger partial charge in [0.05, 0.1) is 24.1 Å². The molecule has 0 bridgehead atoms. The van der Waals surface area contributed by atoms with Crippen molar-refractivity contribution in [3.8, 4) is 23.7 Å². The Morgan fingerprint density at radius 1 is 1.25 bits per heavy atom. The molecule has 2 atom stereocenters. The highest BCUT2D eigenvalue weighted by Crippen LogP contribution is 2.37. The Balaban J connectivity index is 1.40. The van der Waals surface area contributed by atoms with E-state index < -0.39 is 0 Å². The van der Waals surface area contributed by atoms with Crippen molar-refractivity contribution in [3.63, 3.8) is 0 Å². The maximum absolute atomic E-state index is 12.2. The monoisotopic (exact) mass is 499 g/mol. The minimum Gasteiger partial charge on any atom is -0.489 e. The molecule has 1 saturated heterocycles. The van der Waals surface area contributed by atoms with E-state index in [1.54, 1.807) is 6.92 Å². The molecule has 2 unspecified atom stereocenters. The zero-order chi connectivity index (χ0) is 25.3. The number of carbonyl (C=O) groups excluding carboxylic acids is 1. The van der Waals surface area contributed by atoms with Gasteiger partial charge in [-0.15, -0.1) is 17.3 Å². The number of piperidine rings is 1. The summed E-state index contributed by atoms with van der Waals surface area (Å²) in [6, 6.07) is 17.1. The fourth-order valence-corrected chi connectivity index (χ4v) is 5.67. The van der Waals surface area contributed by atoms with E-state index in [0.29, 0.717) is 25.6 Å². The van der Waals surface area contributed by atoms with Gasteiger partial charge in [-0.1, -0.05) is 24.1 Å². The van der Waals surface area contributed by atoms with Crippen molar-refractivity contribution in [2.45, 2.75) is 64.5 Å². The van der Waals surface area contributed by atoms with Crippen LogP contribution in [0.25, 0.3) is 10.1 Å². The molecule has 1 aliphatic rings. The summed E-state index contributed by atoms with van der Waals surface area (Å²) in [6.07, 6.45) is 4.41. The molecule has 6 heteroatoms. The van der Waals surface area contributed by atoms with E-state index in [0.717, 1.165) is 23.4 Å². The van der Waals surface area contributed by atoms with Crippen molar-refractivity contribution in [1.82, 2.24) is 5.32 Å². The van der Waals surface area contributed by atoms with Crippen LogP contribution in [0.15, 0.2) is 47.8 Å². The number of nitrogens with zero attached hydrogens (tertiary/aromatic N) is 2. The first-order chi connectivity index (χ1) is 17.6. The van der Waals surface area contributed by atoms with Crippen LogP contribution in [-0.2, 0) is 11.4 Å². The fourth-order valence-electron chi connectivity index (χ4n) is 4.74. The summed E-state index contributed by atoms with van der Waals surface area (Å²) in [4.78, 5) is 14.8. The molecule has 1 amide bonds. The van der Waals surface area contributed by atoms with Crippen LogP contribution in [0.4, 0.5) is 5.69 Å². The second kappa shape index (κ2) is 12.5. The average Bonchev–Trinajstić information content (AvgIpc) is 3.31. The Bertz CT molecular complexity index is 1280. The SMILES string of the molecule is CC#CC(CC(=O)NCCC#N)c1ccc(OCc2ccc3scc(N4CCCCC4C)c3c2)cc1. The summed E-state index contributed by atoms with van der Waals surface area (Å²) < 4.78 is 7.42. The third-order valence-corrected chi connectivity index (χ3v) is 7.64. The van der Waals surface area contributed by atoms with Gasteiger partial charge in [0.15, 0.2) is 0 Å². The molecule has 1 N–H and O–H groups in total. The molecule has 36 heavy (non-hydrogen) atoms. The standard InChI is InChI=1S/C30H33N3O2S/c1-3-7-25(19-30(34)32-16-6-15-31)24-10-12-26(13-11-24)35-20-23-9-14-29-27(18-23)28(21-36-29)33-17-5-4-8-22(33)2/h9-14,18,21-22,25H,4-6,8,16-17,19-20H2,1-2H3,(H,32,34). The van der Waals surface area contributed by atoms with Crippen molar-refractivity contribution in [1.29, 1.82) is 5.26 Å². The summed E-state index contributed by atoms with van der Waals surface area (Å²) >= 11 is 1.81. The summed E-state index contributed by atoms with van der Waals surface area (Å²) in [5.41, 5.74) is 3.49. The van der Waals surface area contributed by atoms with E-state index in [-0.39, 0.29) is 18.2 Å². The van der Waals surface area contributed by atoms with Gasteiger partial charge in [-0.05, 0) is 68.5 Å². The Kier molecular flexibility index (Phi) is 8.87. The zero-order valence-electron chi connectivity index (χ0n) is 21.0. The van der Waals surface area contributed by atoms with Crippen LogP contribution in [0.2, 0.25) is 0 Å². The topological polar surface area (TPSA) is 65.4 Å². The first kappa shape index (κ1) is 25.6. The first-order valence-corrected chi connectivity index (χ1v) is 13.5. The first-order valence-electron chi connectivity index (χ1n) is 12.6. The number of carbonyl (C=O) groups is 1. The molecule has 4 rings (SSSR count). The molecule has 0 aliphatic carbocycles. The van der Waals surface area contributed by atoms with Crippen molar-refractivity contribution in [3.05, 3.63) is 59.0 Å². The Morgan fingerprint density at radius 2 is 2.08 bits per heavy atom. The number of hydrogen-bond acceptors (Lipinski definition) is 5. The van der Waals surface area contributed by atoms with Crippen molar-refractivity contribution in [2.75, 3.05) is 18.0 Å². The zero-order valence-corrected chi connectivity index (χ0v) is 21.9. The van der Waals surface area contributed by atoms with E-state index in [9.17, 15) is 4.79 Å². The van der Waals surface area contributed by atoms with E-state index >= 15 is 0 Å². The molecule has 186 valence electrons. The van der Waals surface area contributed by atoms with E-state index in [4.69, 9.17) is 10.00 Å². The van der Waals surface area contributed by atoms with Gasteiger partial charge in [0.2, 0.25) is 5.91 Å². The lowest BCUT2D eigenvalue weighted by Crippen LogP contribution is -2.37. The normalized spacial score (nSPS) is 16.0. The van der Waals surface area contributed by atoms with Crippen LogP contribution >= 0.6 is 11.3 Å². The van der Waals surface area contributed by atoms with E-state index in [1.165, 1.54) is 35.0 Å². The van der Waals surface area contributed by atoms with Gasteiger partial charge >= 0.3 is 0 Å².